The summed E-state index contributed by atoms with van der Waals surface area (Å²) in [7, 11) is 0. The van der Waals surface area contributed by atoms with Gasteiger partial charge in [0.25, 0.3) is 0 Å². The van der Waals surface area contributed by atoms with E-state index in [0.717, 1.165) is 12.8 Å². The second-order valence-electron chi connectivity index (χ2n) is 4.31. The molecule has 7 heteroatoms. The molecule has 0 aromatic carbocycles. The molecule has 0 fully saturated rings. The molecule has 106 valence electrons. The summed E-state index contributed by atoms with van der Waals surface area (Å²) in [6.07, 6.45) is 6.39. The Morgan fingerprint density at radius 1 is 1.25 bits per heavy atom. The summed E-state index contributed by atoms with van der Waals surface area (Å²) < 4.78 is 5.03. The normalized spacial score (nSPS) is 10.5. The molecule has 0 aliphatic heterocycles. The van der Waals surface area contributed by atoms with Gasteiger partial charge in [-0.05, 0) is 12.8 Å². The lowest BCUT2D eigenvalue weighted by Gasteiger charge is -2.18. The minimum Gasteiger partial charge on any atom is -0.334 e. The molecule has 0 saturated carbocycles. The summed E-state index contributed by atoms with van der Waals surface area (Å²) in [5.41, 5.74) is 0.479. The van der Waals surface area contributed by atoms with Crippen LogP contribution >= 0.6 is 0 Å². The quantitative estimate of drug-likeness (QED) is 0.799. The molecule has 0 N–H and O–H groups in total. The van der Waals surface area contributed by atoms with Crippen molar-refractivity contribution in [3.05, 3.63) is 24.5 Å². The van der Waals surface area contributed by atoms with Crippen molar-refractivity contribution in [3.63, 3.8) is 0 Å². The van der Waals surface area contributed by atoms with Crippen molar-refractivity contribution in [2.45, 2.75) is 26.7 Å². The fourth-order valence-corrected chi connectivity index (χ4v) is 1.82. The Balaban J connectivity index is 2.17. The average molecular weight is 275 g/mol. The molecule has 7 nitrogen and oxygen atoms in total. The third-order valence-electron chi connectivity index (χ3n) is 2.68. The molecule has 0 spiro atoms. The van der Waals surface area contributed by atoms with E-state index in [4.69, 9.17) is 4.52 Å². The number of carbonyl (C=O) groups is 1. The minimum absolute atomic E-state index is 0.00690. The van der Waals surface area contributed by atoms with Crippen LogP contribution in [0.15, 0.2) is 23.1 Å². The van der Waals surface area contributed by atoms with Crippen LogP contribution in [0.2, 0.25) is 0 Å². The van der Waals surface area contributed by atoms with Gasteiger partial charge in [0.1, 0.15) is 5.69 Å². The van der Waals surface area contributed by atoms with E-state index >= 15 is 0 Å². The molecule has 0 aliphatic rings. The largest absolute Gasteiger partial charge is 0.334 e. The van der Waals surface area contributed by atoms with Crippen LogP contribution in [-0.2, 0) is 0 Å². The van der Waals surface area contributed by atoms with Gasteiger partial charge in [0.2, 0.25) is 5.82 Å². The summed E-state index contributed by atoms with van der Waals surface area (Å²) in [4.78, 5) is 26.1. The highest BCUT2D eigenvalue weighted by Gasteiger charge is 2.21. The number of amides is 1. The number of aromatic nitrogens is 4. The molecule has 2 aromatic rings. The lowest BCUT2D eigenvalue weighted by molar-refractivity contribution is 0.0705. The van der Waals surface area contributed by atoms with E-state index in [1.54, 1.807) is 11.1 Å². The van der Waals surface area contributed by atoms with Crippen LogP contribution in [0.25, 0.3) is 11.5 Å². The van der Waals surface area contributed by atoms with Crippen LogP contribution in [0.5, 0.6) is 0 Å². The molecule has 0 radical (unpaired) electrons. The first-order valence-electron chi connectivity index (χ1n) is 6.65. The van der Waals surface area contributed by atoms with E-state index in [2.05, 4.69) is 20.1 Å². The summed E-state index contributed by atoms with van der Waals surface area (Å²) in [5, 5.41) is 3.77. The molecule has 2 aromatic heterocycles. The maximum Gasteiger partial charge on any atom is 0.316 e. The van der Waals surface area contributed by atoms with Gasteiger partial charge in [-0.2, -0.15) is 4.98 Å². The molecule has 0 unspecified atom stereocenters. The number of rotatable bonds is 6. The van der Waals surface area contributed by atoms with E-state index in [-0.39, 0.29) is 17.6 Å². The molecule has 0 atom stereocenters. The second kappa shape index (κ2) is 6.74. The lowest BCUT2D eigenvalue weighted by atomic mass is 10.3. The average Bonchev–Trinajstić information content (AvgIpc) is 2.97. The second-order valence-corrected chi connectivity index (χ2v) is 4.31. The molecular formula is C13H17N5O2. The fourth-order valence-electron chi connectivity index (χ4n) is 1.82. The van der Waals surface area contributed by atoms with Gasteiger partial charge in [-0.3, -0.25) is 9.78 Å². The van der Waals surface area contributed by atoms with Gasteiger partial charge in [-0.25, -0.2) is 4.98 Å². The maximum atomic E-state index is 12.3. The summed E-state index contributed by atoms with van der Waals surface area (Å²) in [5.74, 6) is 0.0262. The Bertz CT molecular complexity index is 549. The third kappa shape index (κ3) is 3.17. The summed E-state index contributed by atoms with van der Waals surface area (Å²) >= 11 is 0. The van der Waals surface area contributed by atoms with Gasteiger partial charge < -0.3 is 9.42 Å². The smallest absolute Gasteiger partial charge is 0.316 e. The van der Waals surface area contributed by atoms with E-state index in [1.807, 2.05) is 13.8 Å². The fraction of sp³-hybridized carbons (Fsp3) is 0.462. The summed E-state index contributed by atoms with van der Waals surface area (Å²) in [6.45, 7) is 5.40. The van der Waals surface area contributed by atoms with Gasteiger partial charge in [-0.1, -0.05) is 19.0 Å². The number of nitrogens with zero attached hydrogens (tertiary/aromatic N) is 5. The zero-order valence-electron chi connectivity index (χ0n) is 11.6. The van der Waals surface area contributed by atoms with Gasteiger partial charge >= 0.3 is 11.8 Å². The van der Waals surface area contributed by atoms with E-state index in [0.29, 0.717) is 18.8 Å². The molecular weight excluding hydrogens is 258 g/mol. The van der Waals surface area contributed by atoms with Crippen LogP contribution in [-0.4, -0.2) is 44.0 Å². The van der Waals surface area contributed by atoms with Crippen molar-refractivity contribution in [2.75, 3.05) is 13.1 Å². The number of hydrogen-bond donors (Lipinski definition) is 0. The molecule has 20 heavy (non-hydrogen) atoms. The van der Waals surface area contributed by atoms with Crippen LogP contribution < -0.4 is 0 Å². The predicted octanol–water partition coefficient (Wildman–Crippen LogP) is 1.79. The Morgan fingerprint density at radius 2 is 2.00 bits per heavy atom. The number of carbonyl (C=O) groups excluding carboxylic acids is 1. The zero-order chi connectivity index (χ0) is 14.4. The van der Waals surface area contributed by atoms with E-state index < -0.39 is 0 Å². The highest BCUT2D eigenvalue weighted by molar-refractivity contribution is 5.89. The Kier molecular flexibility index (Phi) is 4.75. The standard InChI is InChI=1S/C13H17N5O2/c1-3-7-18(8-4-2)13(19)12-16-11(17-20-12)10-9-14-5-6-15-10/h5-6,9H,3-4,7-8H2,1-2H3. The SMILES string of the molecule is CCCN(CCC)C(=O)c1nc(-c2cnccn2)no1. The Labute approximate surface area is 117 Å². The third-order valence-corrected chi connectivity index (χ3v) is 2.68. The van der Waals surface area contributed by atoms with Crippen LogP contribution in [0.4, 0.5) is 0 Å². The highest BCUT2D eigenvalue weighted by atomic mass is 16.5. The first kappa shape index (κ1) is 14.1. The van der Waals surface area contributed by atoms with Crippen molar-refractivity contribution in [3.8, 4) is 11.5 Å². The van der Waals surface area contributed by atoms with Crippen LogP contribution in [0, 0.1) is 0 Å². The topological polar surface area (TPSA) is 85.0 Å². The van der Waals surface area contributed by atoms with Crippen molar-refractivity contribution in [1.82, 2.24) is 25.0 Å². The van der Waals surface area contributed by atoms with Gasteiger partial charge in [0.15, 0.2) is 0 Å². The highest BCUT2D eigenvalue weighted by Crippen LogP contribution is 2.12. The molecule has 0 bridgehead atoms. The molecule has 2 rings (SSSR count). The maximum absolute atomic E-state index is 12.3. The van der Waals surface area contributed by atoms with Crippen molar-refractivity contribution < 1.29 is 9.32 Å². The summed E-state index contributed by atoms with van der Waals surface area (Å²) in [6, 6.07) is 0. The minimum atomic E-state index is -0.239. The zero-order valence-corrected chi connectivity index (χ0v) is 11.6. The van der Waals surface area contributed by atoms with Crippen LogP contribution in [0.1, 0.15) is 37.4 Å². The Hall–Kier alpha value is -2.31. The van der Waals surface area contributed by atoms with Gasteiger partial charge in [-0.15, -0.1) is 0 Å². The first-order valence-corrected chi connectivity index (χ1v) is 6.65. The first-order chi connectivity index (χ1) is 9.76. The van der Waals surface area contributed by atoms with E-state index in [9.17, 15) is 4.79 Å². The van der Waals surface area contributed by atoms with E-state index in [1.165, 1.54) is 12.4 Å². The Morgan fingerprint density at radius 3 is 2.60 bits per heavy atom. The predicted molar refractivity (Wildman–Crippen MR) is 71.8 cm³/mol. The molecule has 0 saturated heterocycles. The number of hydrogen-bond acceptors (Lipinski definition) is 6. The van der Waals surface area contributed by atoms with Crippen molar-refractivity contribution in [1.29, 1.82) is 0 Å². The van der Waals surface area contributed by atoms with Crippen molar-refractivity contribution >= 4 is 5.91 Å². The van der Waals surface area contributed by atoms with Crippen molar-refractivity contribution in [2.24, 2.45) is 0 Å². The lowest BCUT2D eigenvalue weighted by Crippen LogP contribution is -2.32. The molecule has 2 heterocycles. The molecule has 0 aliphatic carbocycles. The van der Waals surface area contributed by atoms with Crippen LogP contribution in [0.3, 0.4) is 0 Å². The van der Waals surface area contributed by atoms with Gasteiger partial charge in [0, 0.05) is 25.5 Å². The molecule has 1 amide bonds. The monoisotopic (exact) mass is 275 g/mol. The van der Waals surface area contributed by atoms with Gasteiger partial charge in [0.05, 0.1) is 6.20 Å².